The number of amides is 2. The van der Waals surface area contributed by atoms with E-state index >= 15 is 0 Å². The highest BCUT2D eigenvalue weighted by Crippen LogP contribution is 2.38. The Morgan fingerprint density at radius 2 is 1.90 bits per heavy atom. The number of nitrogens with one attached hydrogen (secondary N) is 2. The van der Waals surface area contributed by atoms with Gasteiger partial charge in [0.2, 0.25) is 0 Å². The van der Waals surface area contributed by atoms with Gasteiger partial charge in [-0.05, 0) is 43.9 Å². The maximum Gasteiger partial charge on any atom is 0.315 e. The van der Waals surface area contributed by atoms with Crippen LogP contribution in [0.25, 0.3) is 0 Å². The summed E-state index contributed by atoms with van der Waals surface area (Å²) < 4.78 is 0. The molecule has 0 spiro atoms. The molecule has 2 aliphatic rings. The van der Waals surface area contributed by atoms with Gasteiger partial charge in [0.25, 0.3) is 0 Å². The van der Waals surface area contributed by atoms with E-state index in [9.17, 15) is 9.59 Å². The molecule has 2 fully saturated rings. The van der Waals surface area contributed by atoms with Gasteiger partial charge in [-0.1, -0.05) is 19.3 Å². The molecule has 0 bridgehead atoms. The Bertz CT molecular complexity index is 360. The third-order valence-electron chi connectivity index (χ3n) is 4.75. The van der Waals surface area contributed by atoms with Crippen LogP contribution in [0.3, 0.4) is 0 Å². The van der Waals surface area contributed by atoms with Crippen LogP contribution >= 0.6 is 0 Å². The molecule has 114 valence electrons. The third-order valence-corrected chi connectivity index (χ3v) is 4.75. The van der Waals surface area contributed by atoms with E-state index in [1.165, 1.54) is 19.3 Å². The van der Waals surface area contributed by atoms with Crippen molar-refractivity contribution in [1.82, 2.24) is 10.6 Å². The lowest BCUT2D eigenvalue weighted by Gasteiger charge is -2.36. The van der Waals surface area contributed by atoms with Crippen LogP contribution in [0, 0.1) is 11.3 Å². The summed E-state index contributed by atoms with van der Waals surface area (Å²) in [5.74, 6) is -0.135. The first-order chi connectivity index (χ1) is 9.51. The molecule has 2 aliphatic carbocycles. The lowest BCUT2D eigenvalue weighted by Crippen LogP contribution is -2.47. The fourth-order valence-electron chi connectivity index (χ4n) is 3.28. The van der Waals surface area contributed by atoms with Crippen molar-refractivity contribution in [2.75, 3.05) is 6.54 Å². The molecule has 0 saturated heterocycles. The van der Waals surface area contributed by atoms with Crippen molar-refractivity contribution in [3.8, 4) is 0 Å². The van der Waals surface area contributed by atoms with Gasteiger partial charge in [0.15, 0.2) is 0 Å². The summed E-state index contributed by atoms with van der Waals surface area (Å²) in [6, 6.07) is 0.0662. The summed E-state index contributed by atoms with van der Waals surface area (Å²) in [5, 5.41) is 14.9. The highest BCUT2D eigenvalue weighted by molar-refractivity contribution is 5.74. The molecule has 0 radical (unpaired) electrons. The number of carboxylic acids is 1. The van der Waals surface area contributed by atoms with Gasteiger partial charge in [0.05, 0.1) is 6.42 Å². The Kier molecular flexibility index (Phi) is 4.89. The van der Waals surface area contributed by atoms with Crippen LogP contribution in [0.4, 0.5) is 4.79 Å². The molecule has 2 saturated carbocycles. The summed E-state index contributed by atoms with van der Waals surface area (Å²) in [6.45, 7) is 2.51. The van der Waals surface area contributed by atoms with Gasteiger partial charge < -0.3 is 15.7 Å². The summed E-state index contributed by atoms with van der Waals surface area (Å²) in [7, 11) is 0. The van der Waals surface area contributed by atoms with Crippen molar-refractivity contribution >= 4 is 12.0 Å². The minimum Gasteiger partial charge on any atom is -0.481 e. The molecule has 0 aromatic carbocycles. The summed E-state index contributed by atoms with van der Waals surface area (Å²) in [4.78, 5) is 23.0. The zero-order valence-corrected chi connectivity index (χ0v) is 12.3. The van der Waals surface area contributed by atoms with E-state index in [4.69, 9.17) is 5.11 Å². The first-order valence-corrected chi connectivity index (χ1v) is 7.77. The molecule has 0 aromatic heterocycles. The number of hydrogen-bond donors (Lipinski definition) is 3. The number of aliphatic carboxylic acids is 1. The van der Waals surface area contributed by atoms with Gasteiger partial charge >= 0.3 is 12.0 Å². The first-order valence-electron chi connectivity index (χ1n) is 7.77. The average molecular weight is 282 g/mol. The third kappa shape index (κ3) is 4.39. The van der Waals surface area contributed by atoms with Crippen molar-refractivity contribution in [2.24, 2.45) is 11.3 Å². The molecule has 5 nitrogen and oxygen atoms in total. The molecular formula is C15H26N2O3. The maximum absolute atomic E-state index is 11.9. The predicted molar refractivity (Wildman–Crippen MR) is 76.5 cm³/mol. The fourth-order valence-corrected chi connectivity index (χ4v) is 3.28. The number of carboxylic acid groups (broad SMARTS) is 1. The zero-order chi connectivity index (χ0) is 14.6. The van der Waals surface area contributed by atoms with E-state index in [0.717, 1.165) is 25.7 Å². The van der Waals surface area contributed by atoms with Gasteiger partial charge in [-0.3, -0.25) is 4.79 Å². The van der Waals surface area contributed by atoms with E-state index < -0.39 is 5.97 Å². The molecule has 1 unspecified atom stereocenters. The fraction of sp³-hybridized carbons (Fsp3) is 0.867. The minimum atomic E-state index is -0.763. The van der Waals surface area contributed by atoms with Crippen LogP contribution in [0.2, 0.25) is 0 Å². The maximum atomic E-state index is 11.9. The Morgan fingerprint density at radius 1 is 1.25 bits per heavy atom. The van der Waals surface area contributed by atoms with E-state index in [-0.39, 0.29) is 23.9 Å². The second-order valence-corrected chi connectivity index (χ2v) is 6.58. The molecule has 3 N–H and O–H groups in total. The lowest BCUT2D eigenvalue weighted by molar-refractivity contribution is -0.140. The molecular weight excluding hydrogens is 256 g/mol. The molecule has 5 heteroatoms. The molecule has 0 heterocycles. The van der Waals surface area contributed by atoms with Crippen molar-refractivity contribution in [1.29, 1.82) is 0 Å². The molecule has 1 atom stereocenters. The monoisotopic (exact) mass is 282 g/mol. The Hall–Kier alpha value is -1.26. The van der Waals surface area contributed by atoms with Crippen LogP contribution in [-0.2, 0) is 4.79 Å². The van der Waals surface area contributed by atoms with E-state index in [1.807, 2.05) is 6.92 Å². The Morgan fingerprint density at radius 3 is 2.45 bits per heavy atom. The van der Waals surface area contributed by atoms with Crippen LogP contribution < -0.4 is 10.6 Å². The van der Waals surface area contributed by atoms with Crippen LogP contribution in [0.15, 0.2) is 0 Å². The van der Waals surface area contributed by atoms with E-state index in [1.54, 1.807) is 0 Å². The molecule has 2 amide bonds. The van der Waals surface area contributed by atoms with Crippen molar-refractivity contribution in [2.45, 2.75) is 64.3 Å². The van der Waals surface area contributed by atoms with Gasteiger partial charge in [-0.2, -0.15) is 0 Å². The predicted octanol–water partition coefficient (Wildman–Crippen LogP) is 2.51. The van der Waals surface area contributed by atoms with Crippen molar-refractivity contribution < 1.29 is 14.7 Å². The summed E-state index contributed by atoms with van der Waals surface area (Å²) >= 11 is 0. The van der Waals surface area contributed by atoms with Crippen molar-refractivity contribution in [3.63, 3.8) is 0 Å². The second-order valence-electron chi connectivity index (χ2n) is 6.58. The lowest BCUT2D eigenvalue weighted by atomic mass is 9.72. The zero-order valence-electron chi connectivity index (χ0n) is 12.3. The SMILES string of the molecule is CC(NC(=O)NCC1(CC(=O)O)CCCCC1)C1CC1. The average Bonchev–Trinajstić information content (AvgIpc) is 3.21. The molecule has 20 heavy (non-hydrogen) atoms. The molecule has 0 aromatic rings. The Labute approximate surface area is 120 Å². The Balaban J connectivity index is 1.81. The standard InChI is InChI=1S/C15H26N2O3/c1-11(12-5-6-12)17-14(20)16-10-15(9-13(18)19)7-3-2-4-8-15/h11-12H,2-10H2,1H3,(H,18,19)(H2,16,17,20). The quantitative estimate of drug-likeness (QED) is 0.700. The molecule has 0 aliphatic heterocycles. The number of hydrogen-bond acceptors (Lipinski definition) is 2. The first kappa shape index (κ1) is 15.1. The minimum absolute atomic E-state index is 0.153. The number of rotatable bonds is 6. The van der Waals surface area contributed by atoms with Crippen LogP contribution in [0.5, 0.6) is 0 Å². The summed E-state index contributed by atoms with van der Waals surface area (Å²) in [5.41, 5.74) is -0.246. The topological polar surface area (TPSA) is 78.4 Å². The number of urea groups is 1. The summed E-state index contributed by atoms with van der Waals surface area (Å²) in [6.07, 6.45) is 7.66. The highest BCUT2D eigenvalue weighted by Gasteiger charge is 2.35. The van der Waals surface area contributed by atoms with Gasteiger partial charge in [-0.25, -0.2) is 4.79 Å². The van der Waals surface area contributed by atoms with E-state index in [0.29, 0.717) is 12.5 Å². The van der Waals surface area contributed by atoms with Gasteiger partial charge in [-0.15, -0.1) is 0 Å². The second kappa shape index (κ2) is 6.46. The van der Waals surface area contributed by atoms with Gasteiger partial charge in [0.1, 0.15) is 0 Å². The highest BCUT2D eigenvalue weighted by atomic mass is 16.4. The smallest absolute Gasteiger partial charge is 0.315 e. The van der Waals surface area contributed by atoms with E-state index in [2.05, 4.69) is 10.6 Å². The molecule has 2 rings (SSSR count). The van der Waals surface area contributed by atoms with Crippen LogP contribution in [0.1, 0.15) is 58.3 Å². The normalized spacial score (nSPS) is 22.9. The number of carbonyl (C=O) groups excluding carboxylic acids is 1. The largest absolute Gasteiger partial charge is 0.481 e. The van der Waals surface area contributed by atoms with Crippen molar-refractivity contribution in [3.05, 3.63) is 0 Å². The van der Waals surface area contributed by atoms with Gasteiger partial charge in [0, 0.05) is 12.6 Å². The number of carbonyl (C=O) groups is 2. The van der Waals surface area contributed by atoms with Crippen LogP contribution in [-0.4, -0.2) is 29.7 Å².